The molecule has 0 amide bonds. The fraction of sp³-hybridized carbons (Fsp3) is 0.818. The number of nitrogens with zero attached hydrogens (tertiary/aromatic N) is 2. The lowest BCUT2D eigenvalue weighted by Gasteiger charge is -2.20. The summed E-state index contributed by atoms with van der Waals surface area (Å²) in [6.45, 7) is 0.458. The van der Waals surface area contributed by atoms with Crippen LogP contribution in [0.3, 0.4) is 0 Å². The molecular formula is C11H17N3O3S. The zero-order valence-electron chi connectivity index (χ0n) is 10.1. The maximum Gasteiger partial charge on any atom is 0.240 e. The highest BCUT2D eigenvalue weighted by Gasteiger charge is 2.28. The summed E-state index contributed by atoms with van der Waals surface area (Å²) < 4.78 is 27.8. The van der Waals surface area contributed by atoms with Crippen LogP contribution < -0.4 is 5.32 Å². The highest BCUT2D eigenvalue weighted by atomic mass is 32.2. The number of sulfone groups is 1. The molecule has 0 bridgehead atoms. The van der Waals surface area contributed by atoms with Crippen molar-refractivity contribution in [1.82, 2.24) is 15.5 Å². The lowest BCUT2D eigenvalue weighted by atomic mass is 9.85. The Bertz CT molecular complexity index is 521. The molecule has 0 radical (unpaired) electrons. The summed E-state index contributed by atoms with van der Waals surface area (Å²) in [6, 6.07) is 0.0223. The molecule has 1 aromatic rings. The Labute approximate surface area is 106 Å². The Morgan fingerprint density at radius 3 is 2.78 bits per heavy atom. The van der Waals surface area contributed by atoms with Gasteiger partial charge in [0, 0.05) is 12.0 Å². The van der Waals surface area contributed by atoms with Crippen molar-refractivity contribution in [3.05, 3.63) is 11.7 Å². The minimum atomic E-state index is -2.83. The van der Waals surface area contributed by atoms with Gasteiger partial charge in [0.25, 0.3) is 0 Å². The summed E-state index contributed by atoms with van der Waals surface area (Å²) >= 11 is 0. The van der Waals surface area contributed by atoms with Crippen LogP contribution in [0.25, 0.3) is 0 Å². The van der Waals surface area contributed by atoms with E-state index in [1.807, 2.05) is 0 Å². The van der Waals surface area contributed by atoms with Gasteiger partial charge in [0.2, 0.25) is 5.89 Å². The molecule has 7 heteroatoms. The van der Waals surface area contributed by atoms with Crippen LogP contribution in [0.4, 0.5) is 0 Å². The Morgan fingerprint density at radius 2 is 2.17 bits per heavy atom. The van der Waals surface area contributed by atoms with Crippen molar-refractivity contribution in [3.8, 4) is 0 Å². The van der Waals surface area contributed by atoms with E-state index in [0.29, 0.717) is 24.8 Å². The van der Waals surface area contributed by atoms with Crippen molar-refractivity contribution in [1.29, 1.82) is 0 Å². The molecule has 3 rings (SSSR count). The summed E-state index contributed by atoms with van der Waals surface area (Å²) in [5, 5.41) is 7.13. The normalized spacial score (nSPS) is 27.2. The van der Waals surface area contributed by atoms with Gasteiger partial charge in [0.15, 0.2) is 15.7 Å². The van der Waals surface area contributed by atoms with E-state index in [2.05, 4.69) is 15.5 Å². The third-order valence-electron chi connectivity index (χ3n) is 3.73. The predicted molar refractivity (Wildman–Crippen MR) is 64.8 cm³/mol. The minimum Gasteiger partial charge on any atom is -0.338 e. The first kappa shape index (κ1) is 12.1. The number of nitrogens with one attached hydrogen (secondary N) is 1. The fourth-order valence-electron chi connectivity index (χ4n) is 2.36. The third kappa shape index (κ3) is 2.56. The second kappa shape index (κ2) is 4.62. The first-order chi connectivity index (χ1) is 8.62. The molecule has 1 unspecified atom stereocenters. The van der Waals surface area contributed by atoms with Gasteiger partial charge in [-0.15, -0.1) is 0 Å². The van der Waals surface area contributed by atoms with E-state index in [4.69, 9.17) is 4.52 Å². The fourth-order valence-corrected chi connectivity index (χ4v) is 4.07. The topological polar surface area (TPSA) is 85.1 Å². The summed E-state index contributed by atoms with van der Waals surface area (Å²) in [6.07, 6.45) is 4.21. The summed E-state index contributed by atoms with van der Waals surface area (Å²) in [4.78, 5) is 4.34. The van der Waals surface area contributed by atoms with Gasteiger partial charge in [0.1, 0.15) is 0 Å². The average Bonchev–Trinajstić information content (AvgIpc) is 2.80. The third-order valence-corrected chi connectivity index (χ3v) is 5.50. The number of hydrogen-bond acceptors (Lipinski definition) is 6. The molecule has 2 aliphatic rings. The predicted octanol–water partition coefficient (Wildman–Crippen LogP) is 0.614. The monoisotopic (exact) mass is 271 g/mol. The smallest absolute Gasteiger partial charge is 0.240 e. The van der Waals surface area contributed by atoms with Crippen LogP contribution in [0.5, 0.6) is 0 Å². The first-order valence-corrected chi connectivity index (χ1v) is 8.21. The molecule has 1 aliphatic heterocycles. The van der Waals surface area contributed by atoms with Crippen molar-refractivity contribution < 1.29 is 12.9 Å². The van der Waals surface area contributed by atoms with Crippen LogP contribution in [0.2, 0.25) is 0 Å². The zero-order valence-corrected chi connectivity index (χ0v) is 10.9. The van der Waals surface area contributed by atoms with Gasteiger partial charge < -0.3 is 9.84 Å². The number of hydrogen-bond donors (Lipinski definition) is 1. The van der Waals surface area contributed by atoms with Crippen molar-refractivity contribution >= 4 is 9.84 Å². The lowest BCUT2D eigenvalue weighted by Crippen LogP contribution is -2.29. The summed E-state index contributed by atoms with van der Waals surface area (Å²) in [5.41, 5.74) is 0. The maximum atomic E-state index is 11.3. The largest absolute Gasteiger partial charge is 0.338 e. The Hall–Kier alpha value is -0.950. The van der Waals surface area contributed by atoms with Crippen LogP contribution >= 0.6 is 0 Å². The van der Waals surface area contributed by atoms with Crippen LogP contribution in [0.1, 0.15) is 43.3 Å². The molecule has 0 aromatic carbocycles. The standard InChI is InChI=1S/C11H17N3O3S/c15-18(16)5-4-9(7-18)12-6-10-13-11(14-17-10)8-2-1-3-8/h8-9,12H,1-7H2. The van der Waals surface area contributed by atoms with Gasteiger partial charge in [-0.1, -0.05) is 11.6 Å². The van der Waals surface area contributed by atoms with Gasteiger partial charge in [-0.05, 0) is 19.3 Å². The molecule has 0 spiro atoms. The summed E-state index contributed by atoms with van der Waals surface area (Å²) in [5.74, 6) is 2.32. The summed E-state index contributed by atoms with van der Waals surface area (Å²) in [7, 11) is -2.83. The molecule has 1 saturated heterocycles. The van der Waals surface area contributed by atoms with Crippen molar-refractivity contribution in [2.24, 2.45) is 0 Å². The second-order valence-electron chi connectivity index (χ2n) is 5.16. The molecule has 100 valence electrons. The van der Waals surface area contributed by atoms with E-state index in [1.165, 1.54) is 6.42 Å². The minimum absolute atomic E-state index is 0.0223. The van der Waals surface area contributed by atoms with E-state index < -0.39 is 9.84 Å². The van der Waals surface area contributed by atoms with E-state index in [1.54, 1.807) is 0 Å². The van der Waals surface area contributed by atoms with E-state index in [-0.39, 0.29) is 17.5 Å². The van der Waals surface area contributed by atoms with Gasteiger partial charge in [-0.2, -0.15) is 4.98 Å². The molecule has 1 atom stereocenters. The van der Waals surface area contributed by atoms with E-state index in [0.717, 1.165) is 18.7 Å². The van der Waals surface area contributed by atoms with Crippen molar-refractivity contribution in [3.63, 3.8) is 0 Å². The molecule has 1 N–H and O–H groups in total. The van der Waals surface area contributed by atoms with Gasteiger partial charge in [-0.3, -0.25) is 0 Å². The van der Waals surface area contributed by atoms with Gasteiger partial charge >= 0.3 is 0 Å². The Kier molecular flexibility index (Phi) is 3.11. The van der Waals surface area contributed by atoms with Crippen LogP contribution in [0.15, 0.2) is 4.52 Å². The molecule has 1 aromatic heterocycles. The quantitative estimate of drug-likeness (QED) is 0.863. The molecular weight excluding hydrogens is 254 g/mol. The zero-order chi connectivity index (χ0) is 12.6. The Morgan fingerprint density at radius 1 is 1.33 bits per heavy atom. The van der Waals surface area contributed by atoms with Crippen molar-refractivity contribution in [2.75, 3.05) is 11.5 Å². The molecule has 18 heavy (non-hydrogen) atoms. The molecule has 6 nitrogen and oxygen atoms in total. The highest BCUT2D eigenvalue weighted by Crippen LogP contribution is 2.34. The molecule has 2 fully saturated rings. The highest BCUT2D eigenvalue weighted by molar-refractivity contribution is 7.91. The van der Waals surface area contributed by atoms with E-state index in [9.17, 15) is 8.42 Å². The van der Waals surface area contributed by atoms with Gasteiger partial charge in [-0.25, -0.2) is 8.42 Å². The van der Waals surface area contributed by atoms with E-state index >= 15 is 0 Å². The molecule has 2 heterocycles. The van der Waals surface area contributed by atoms with Crippen LogP contribution in [0, 0.1) is 0 Å². The maximum absolute atomic E-state index is 11.3. The van der Waals surface area contributed by atoms with Gasteiger partial charge in [0.05, 0.1) is 18.1 Å². The Balaban J connectivity index is 1.52. The number of rotatable bonds is 4. The average molecular weight is 271 g/mol. The second-order valence-corrected chi connectivity index (χ2v) is 7.38. The SMILES string of the molecule is O=S1(=O)CCC(NCc2nc(C3CCC3)no2)C1. The molecule has 1 saturated carbocycles. The van der Waals surface area contributed by atoms with Crippen molar-refractivity contribution in [2.45, 2.75) is 44.2 Å². The van der Waals surface area contributed by atoms with Crippen LogP contribution in [-0.4, -0.2) is 36.1 Å². The van der Waals surface area contributed by atoms with Crippen LogP contribution in [-0.2, 0) is 16.4 Å². The lowest BCUT2D eigenvalue weighted by molar-refractivity contribution is 0.338. The molecule has 1 aliphatic carbocycles. The number of aromatic nitrogens is 2. The first-order valence-electron chi connectivity index (χ1n) is 6.39.